The van der Waals surface area contributed by atoms with E-state index in [9.17, 15) is 4.79 Å². The van der Waals surface area contributed by atoms with Gasteiger partial charge in [-0.25, -0.2) is 0 Å². The SMILES string of the molecule is O=C(Cn1c2ccccc2c2ccccc21)Cn1c2ccccc2c2ccccc21. The highest BCUT2D eigenvalue weighted by molar-refractivity contribution is 6.10. The number of hydrogen-bond donors (Lipinski definition) is 0. The van der Waals surface area contributed by atoms with Crippen LogP contribution in [0.5, 0.6) is 0 Å². The Morgan fingerprint density at radius 1 is 0.467 bits per heavy atom. The Balaban J connectivity index is 1.45. The second-order valence-corrected chi connectivity index (χ2v) is 7.78. The van der Waals surface area contributed by atoms with Crippen LogP contribution in [0.15, 0.2) is 97.1 Å². The molecular formula is C27H20N2O. The van der Waals surface area contributed by atoms with Gasteiger partial charge in [0.15, 0.2) is 5.78 Å². The number of hydrogen-bond acceptors (Lipinski definition) is 1. The van der Waals surface area contributed by atoms with E-state index in [-0.39, 0.29) is 5.78 Å². The lowest BCUT2D eigenvalue weighted by Gasteiger charge is -2.10. The maximum atomic E-state index is 13.3. The van der Waals surface area contributed by atoms with Crippen molar-refractivity contribution in [3.8, 4) is 0 Å². The van der Waals surface area contributed by atoms with Gasteiger partial charge in [0.05, 0.1) is 13.1 Å². The zero-order valence-electron chi connectivity index (χ0n) is 16.5. The average molecular weight is 388 g/mol. The van der Waals surface area contributed by atoms with Crippen LogP contribution in [0.2, 0.25) is 0 Å². The molecule has 0 radical (unpaired) electrons. The van der Waals surface area contributed by atoms with Crippen LogP contribution < -0.4 is 0 Å². The predicted molar refractivity (Wildman–Crippen MR) is 124 cm³/mol. The third kappa shape index (κ3) is 2.49. The van der Waals surface area contributed by atoms with Crippen LogP contribution in [-0.2, 0) is 17.9 Å². The zero-order chi connectivity index (χ0) is 20.1. The van der Waals surface area contributed by atoms with Crippen molar-refractivity contribution < 1.29 is 4.79 Å². The summed E-state index contributed by atoms with van der Waals surface area (Å²) in [4.78, 5) is 13.3. The van der Waals surface area contributed by atoms with Crippen molar-refractivity contribution in [2.75, 3.05) is 0 Å². The molecule has 30 heavy (non-hydrogen) atoms. The number of nitrogens with zero attached hydrogens (tertiary/aromatic N) is 2. The Bertz CT molecular complexity index is 1340. The van der Waals surface area contributed by atoms with E-state index in [2.05, 4.69) is 81.9 Å². The summed E-state index contributed by atoms with van der Waals surface area (Å²) in [5.74, 6) is 0.188. The fourth-order valence-corrected chi connectivity index (χ4v) is 4.75. The van der Waals surface area contributed by atoms with E-state index >= 15 is 0 Å². The second-order valence-electron chi connectivity index (χ2n) is 7.78. The molecule has 2 aromatic heterocycles. The first-order valence-electron chi connectivity index (χ1n) is 10.2. The van der Waals surface area contributed by atoms with Gasteiger partial charge in [-0.3, -0.25) is 4.79 Å². The van der Waals surface area contributed by atoms with Gasteiger partial charge in [0.25, 0.3) is 0 Å². The summed E-state index contributed by atoms with van der Waals surface area (Å²) in [7, 11) is 0. The van der Waals surface area contributed by atoms with Gasteiger partial charge in [0.1, 0.15) is 0 Å². The summed E-state index contributed by atoms with van der Waals surface area (Å²) in [6.45, 7) is 0.712. The van der Waals surface area contributed by atoms with Crippen LogP contribution in [-0.4, -0.2) is 14.9 Å². The Morgan fingerprint density at radius 3 is 1.03 bits per heavy atom. The number of rotatable bonds is 4. The average Bonchev–Trinajstić information content (AvgIpc) is 3.28. The molecular weight excluding hydrogens is 368 g/mol. The summed E-state index contributed by atoms with van der Waals surface area (Å²) in [5.41, 5.74) is 4.42. The Hall–Kier alpha value is -3.85. The molecule has 0 aliphatic rings. The molecule has 0 aliphatic heterocycles. The van der Waals surface area contributed by atoms with Crippen molar-refractivity contribution in [3.63, 3.8) is 0 Å². The van der Waals surface area contributed by atoms with Gasteiger partial charge < -0.3 is 9.13 Å². The molecule has 0 atom stereocenters. The minimum absolute atomic E-state index is 0.188. The van der Waals surface area contributed by atoms with E-state index in [1.807, 2.05) is 24.3 Å². The lowest BCUT2D eigenvalue weighted by molar-refractivity contribution is -0.119. The molecule has 3 nitrogen and oxygen atoms in total. The molecule has 144 valence electrons. The van der Waals surface area contributed by atoms with Crippen molar-refractivity contribution in [2.45, 2.75) is 13.1 Å². The van der Waals surface area contributed by atoms with E-state index in [0.717, 1.165) is 22.1 Å². The van der Waals surface area contributed by atoms with Crippen molar-refractivity contribution in [1.29, 1.82) is 0 Å². The molecule has 3 heteroatoms. The molecule has 0 spiro atoms. The van der Waals surface area contributed by atoms with Gasteiger partial charge >= 0.3 is 0 Å². The Kier molecular flexibility index (Phi) is 3.75. The van der Waals surface area contributed by atoms with E-state index in [1.54, 1.807) is 0 Å². The van der Waals surface area contributed by atoms with Gasteiger partial charge in [0.2, 0.25) is 0 Å². The Morgan fingerprint density at radius 2 is 0.733 bits per heavy atom. The maximum absolute atomic E-state index is 13.3. The highest BCUT2D eigenvalue weighted by atomic mass is 16.1. The standard InChI is InChI=1S/C27H20N2O/c30-19(17-28-24-13-5-1-9-20(24)21-10-2-6-14-25(21)28)18-29-26-15-7-3-11-22(26)23-12-4-8-16-27(23)29/h1-16H,17-18H2. The number of fused-ring (bicyclic) bond motifs is 6. The van der Waals surface area contributed by atoms with Gasteiger partial charge in [-0.05, 0) is 24.3 Å². The highest BCUT2D eigenvalue weighted by Gasteiger charge is 2.16. The second kappa shape index (κ2) is 6.60. The first kappa shape index (κ1) is 17.0. The predicted octanol–water partition coefficient (Wildman–Crippen LogP) is 6.17. The van der Waals surface area contributed by atoms with Crippen LogP contribution in [0.25, 0.3) is 43.6 Å². The van der Waals surface area contributed by atoms with Crippen LogP contribution >= 0.6 is 0 Å². The van der Waals surface area contributed by atoms with Crippen molar-refractivity contribution in [2.24, 2.45) is 0 Å². The minimum Gasteiger partial charge on any atom is -0.333 e. The maximum Gasteiger partial charge on any atom is 0.172 e. The summed E-state index contributed by atoms with van der Waals surface area (Å²) in [6.07, 6.45) is 0. The van der Waals surface area contributed by atoms with Crippen LogP contribution in [0.4, 0.5) is 0 Å². The molecule has 6 rings (SSSR count). The number of ketones is 1. The van der Waals surface area contributed by atoms with Crippen molar-refractivity contribution in [1.82, 2.24) is 9.13 Å². The lowest BCUT2D eigenvalue weighted by atomic mass is 10.2. The first-order valence-corrected chi connectivity index (χ1v) is 10.2. The number of Topliss-reactive ketones (excluding diaryl/α,β-unsaturated/α-hetero) is 1. The number of benzene rings is 4. The summed E-state index contributed by atoms with van der Waals surface area (Å²) in [5, 5.41) is 4.77. The molecule has 0 N–H and O–H groups in total. The number of carbonyl (C=O) groups excluding carboxylic acids is 1. The lowest BCUT2D eigenvalue weighted by Crippen LogP contribution is -2.16. The normalized spacial score (nSPS) is 11.7. The molecule has 0 fully saturated rings. The van der Waals surface area contributed by atoms with Gasteiger partial charge in [-0.15, -0.1) is 0 Å². The molecule has 0 amide bonds. The summed E-state index contributed by atoms with van der Waals surface area (Å²) >= 11 is 0. The molecule has 6 aromatic rings. The van der Waals surface area contributed by atoms with Gasteiger partial charge in [-0.1, -0.05) is 72.8 Å². The molecule has 0 unspecified atom stereocenters. The minimum atomic E-state index is 0.188. The Labute approximate surface area is 173 Å². The molecule has 0 saturated carbocycles. The quantitative estimate of drug-likeness (QED) is 0.355. The van der Waals surface area contributed by atoms with E-state index < -0.39 is 0 Å². The van der Waals surface area contributed by atoms with Gasteiger partial charge in [-0.2, -0.15) is 0 Å². The van der Waals surface area contributed by atoms with Crippen molar-refractivity contribution >= 4 is 49.4 Å². The summed E-state index contributed by atoms with van der Waals surface area (Å²) in [6, 6.07) is 33.3. The smallest absolute Gasteiger partial charge is 0.172 e. The van der Waals surface area contributed by atoms with E-state index in [0.29, 0.717) is 13.1 Å². The molecule has 4 aromatic carbocycles. The van der Waals surface area contributed by atoms with E-state index in [4.69, 9.17) is 0 Å². The van der Waals surface area contributed by atoms with Crippen LogP contribution in [0, 0.1) is 0 Å². The fraction of sp³-hybridized carbons (Fsp3) is 0.0741. The number of carbonyl (C=O) groups is 1. The fourth-order valence-electron chi connectivity index (χ4n) is 4.75. The van der Waals surface area contributed by atoms with Gasteiger partial charge in [0, 0.05) is 43.6 Å². The molecule has 0 aliphatic carbocycles. The van der Waals surface area contributed by atoms with Crippen LogP contribution in [0.1, 0.15) is 0 Å². The first-order chi connectivity index (χ1) is 14.8. The zero-order valence-corrected chi connectivity index (χ0v) is 16.5. The van der Waals surface area contributed by atoms with Crippen molar-refractivity contribution in [3.05, 3.63) is 97.1 Å². The third-order valence-corrected chi connectivity index (χ3v) is 6.03. The monoisotopic (exact) mass is 388 g/mol. The molecule has 0 bridgehead atoms. The van der Waals surface area contributed by atoms with Crippen LogP contribution in [0.3, 0.4) is 0 Å². The molecule has 0 saturated heterocycles. The largest absolute Gasteiger partial charge is 0.333 e. The highest BCUT2D eigenvalue weighted by Crippen LogP contribution is 2.30. The third-order valence-electron chi connectivity index (χ3n) is 6.03. The summed E-state index contributed by atoms with van der Waals surface area (Å²) < 4.78 is 4.31. The van der Waals surface area contributed by atoms with E-state index in [1.165, 1.54) is 21.5 Å². The number of para-hydroxylation sites is 4. The topological polar surface area (TPSA) is 26.9 Å². The number of aromatic nitrogens is 2. The molecule has 2 heterocycles.